The van der Waals surface area contributed by atoms with E-state index < -0.39 is 0 Å². The molecule has 0 unspecified atom stereocenters. The number of oxime groups is 1. The molecule has 3 N–H and O–H groups in total. The molecule has 0 saturated carbocycles. The van der Waals surface area contributed by atoms with E-state index in [1.165, 1.54) is 27.2 Å². The maximum Gasteiger partial charge on any atom is 0.0981 e. The fourth-order valence-corrected chi connectivity index (χ4v) is 4.68. The van der Waals surface area contributed by atoms with Gasteiger partial charge in [-0.1, -0.05) is 36.4 Å². The molecule has 0 radical (unpaired) electrons. The number of aromatic amines is 2. The van der Waals surface area contributed by atoms with Crippen molar-refractivity contribution in [2.45, 2.75) is 19.4 Å². The first-order chi connectivity index (χ1) is 14.4. The van der Waals surface area contributed by atoms with Crippen molar-refractivity contribution in [2.75, 3.05) is 0 Å². The molecule has 6 nitrogen and oxygen atoms in total. The molecule has 3 heterocycles. The van der Waals surface area contributed by atoms with Gasteiger partial charge in [-0.2, -0.15) is 0 Å². The quantitative estimate of drug-likeness (QED) is 0.162. The molecule has 6 aromatic rings. The van der Waals surface area contributed by atoms with E-state index in [1.807, 2.05) is 12.3 Å². The second kappa shape index (κ2) is 6.10. The highest BCUT2D eigenvalue weighted by molar-refractivity contribution is 6.34. The molecule has 0 spiro atoms. The van der Waals surface area contributed by atoms with Gasteiger partial charge in [-0.25, -0.2) is 4.98 Å². The van der Waals surface area contributed by atoms with E-state index in [9.17, 15) is 0 Å². The predicted octanol–water partition coefficient (Wildman–Crippen LogP) is 5.55. The highest BCUT2D eigenvalue weighted by Gasteiger charge is 2.21. The van der Waals surface area contributed by atoms with Gasteiger partial charge in [0.2, 0.25) is 0 Å². The number of aryl methyl sites for hydroxylation is 1. The molecular weight excluding hydrogens is 362 g/mol. The van der Waals surface area contributed by atoms with Gasteiger partial charge < -0.3 is 20.0 Å². The zero-order valence-electron chi connectivity index (χ0n) is 15.7. The zero-order valence-corrected chi connectivity index (χ0v) is 15.7. The van der Waals surface area contributed by atoms with Crippen molar-refractivity contribution >= 4 is 60.7 Å². The molecular formula is C23H19N5O. The Morgan fingerprint density at radius 1 is 1.00 bits per heavy atom. The standard InChI is InChI=1S/C23H19N5O/c29-25-11-5-6-12-28-18-10-4-2-8-15(18)19-16-13-24-27-21(16)20-14-7-1-3-9-17(14)26-22(20)23(19)28/h1-4,7-11,13,24,27,29H,5-6,12H2. The van der Waals surface area contributed by atoms with Crippen molar-refractivity contribution in [2.24, 2.45) is 5.16 Å². The highest BCUT2D eigenvalue weighted by Crippen LogP contribution is 2.42. The third-order valence-electron chi connectivity index (χ3n) is 5.84. The number of aromatic nitrogens is 4. The average Bonchev–Trinajstić information content (AvgIpc) is 3.44. The van der Waals surface area contributed by atoms with Gasteiger partial charge in [0.05, 0.1) is 22.1 Å². The normalized spacial score (nSPS) is 12.6. The fourth-order valence-electron chi connectivity index (χ4n) is 4.68. The molecule has 0 aliphatic rings. The summed E-state index contributed by atoms with van der Waals surface area (Å²) in [6.07, 6.45) is 5.22. The number of nitrogens with one attached hydrogen (secondary N) is 2. The van der Waals surface area contributed by atoms with Crippen molar-refractivity contribution in [3.63, 3.8) is 0 Å². The van der Waals surface area contributed by atoms with Crippen molar-refractivity contribution in [1.29, 1.82) is 0 Å². The topological polar surface area (TPSA) is 82.0 Å². The number of rotatable bonds is 4. The van der Waals surface area contributed by atoms with E-state index in [4.69, 9.17) is 10.2 Å². The van der Waals surface area contributed by atoms with Crippen LogP contribution < -0.4 is 0 Å². The van der Waals surface area contributed by atoms with Gasteiger partial charge in [0, 0.05) is 51.4 Å². The Kier molecular flexibility index (Phi) is 3.41. The summed E-state index contributed by atoms with van der Waals surface area (Å²) in [6, 6.07) is 16.8. The molecule has 0 fully saturated rings. The molecule has 6 heteroatoms. The van der Waals surface area contributed by atoms with Crippen LogP contribution in [0.15, 0.2) is 59.9 Å². The Balaban J connectivity index is 1.82. The van der Waals surface area contributed by atoms with Crippen LogP contribution in [0.3, 0.4) is 0 Å². The van der Waals surface area contributed by atoms with Crippen LogP contribution >= 0.6 is 0 Å². The number of hydrogen-bond acceptors (Lipinski definition) is 3. The summed E-state index contributed by atoms with van der Waals surface area (Å²) in [7, 11) is 0. The summed E-state index contributed by atoms with van der Waals surface area (Å²) in [6.45, 7) is 0.827. The van der Waals surface area contributed by atoms with Gasteiger partial charge in [0.25, 0.3) is 0 Å². The van der Waals surface area contributed by atoms with Gasteiger partial charge in [-0.3, -0.25) is 0 Å². The van der Waals surface area contributed by atoms with Crippen LogP contribution in [0.5, 0.6) is 0 Å². The van der Waals surface area contributed by atoms with Crippen LogP contribution in [0.4, 0.5) is 0 Å². The summed E-state index contributed by atoms with van der Waals surface area (Å²) in [5.41, 5.74) is 5.49. The molecule has 6 rings (SSSR count). The van der Waals surface area contributed by atoms with Crippen LogP contribution in [-0.4, -0.2) is 31.2 Å². The molecule has 0 aliphatic heterocycles. The summed E-state index contributed by atoms with van der Waals surface area (Å²) < 4.78 is 2.37. The van der Waals surface area contributed by atoms with Gasteiger partial charge in [-0.05, 0) is 25.0 Å². The maximum atomic E-state index is 8.73. The average molecular weight is 381 g/mol. The lowest BCUT2D eigenvalue weighted by Gasteiger charge is -2.07. The first kappa shape index (κ1) is 16.2. The molecule has 0 amide bonds. The molecule has 3 aromatic heterocycles. The number of hydrogen-bond donors (Lipinski definition) is 3. The number of nitrogens with zero attached hydrogens (tertiary/aromatic N) is 3. The molecule has 0 saturated heterocycles. The minimum Gasteiger partial charge on any atom is -0.411 e. The summed E-state index contributed by atoms with van der Waals surface area (Å²) in [5.74, 6) is 0. The number of H-pyrrole nitrogens is 2. The van der Waals surface area contributed by atoms with Crippen molar-refractivity contribution in [1.82, 2.24) is 19.7 Å². The first-order valence-corrected chi connectivity index (χ1v) is 9.81. The molecule has 142 valence electrons. The van der Waals surface area contributed by atoms with Crippen LogP contribution in [0.1, 0.15) is 12.8 Å². The fraction of sp³-hybridized carbons (Fsp3) is 0.130. The number of fused-ring (bicyclic) bond motifs is 10. The van der Waals surface area contributed by atoms with E-state index in [0.717, 1.165) is 46.7 Å². The second-order valence-electron chi connectivity index (χ2n) is 7.39. The van der Waals surface area contributed by atoms with E-state index in [0.29, 0.717) is 0 Å². The zero-order chi connectivity index (χ0) is 19.4. The van der Waals surface area contributed by atoms with Crippen molar-refractivity contribution < 1.29 is 5.21 Å². The third-order valence-corrected chi connectivity index (χ3v) is 5.84. The number of unbranched alkanes of at least 4 members (excludes halogenated alkanes) is 1. The lowest BCUT2D eigenvalue weighted by atomic mass is 10.0. The Labute approximate surface area is 165 Å². The predicted molar refractivity (Wildman–Crippen MR) is 118 cm³/mol. The van der Waals surface area contributed by atoms with E-state index in [2.05, 4.69) is 62.4 Å². The van der Waals surface area contributed by atoms with Crippen LogP contribution in [0, 0.1) is 0 Å². The van der Waals surface area contributed by atoms with Crippen LogP contribution in [-0.2, 0) is 6.54 Å². The summed E-state index contributed by atoms with van der Waals surface area (Å²) in [4.78, 5) is 5.05. The summed E-state index contributed by atoms with van der Waals surface area (Å²) in [5, 5.41) is 24.4. The van der Waals surface area contributed by atoms with Gasteiger partial charge in [0.1, 0.15) is 0 Å². The second-order valence-corrected chi connectivity index (χ2v) is 7.39. The van der Waals surface area contributed by atoms with Crippen molar-refractivity contribution in [3.05, 3.63) is 54.7 Å². The Morgan fingerprint density at radius 2 is 1.83 bits per heavy atom. The van der Waals surface area contributed by atoms with Crippen LogP contribution in [0.25, 0.3) is 54.5 Å². The lowest BCUT2D eigenvalue weighted by Crippen LogP contribution is -1.98. The minimum atomic E-state index is 0.726. The van der Waals surface area contributed by atoms with Crippen molar-refractivity contribution in [3.8, 4) is 0 Å². The highest BCUT2D eigenvalue weighted by atomic mass is 16.4. The SMILES string of the molecule is ON=CCCCn1c2ccccc2c2c3c[nH][nH]c3c3c4ccccc4nc3c21. The molecule has 0 aliphatic carbocycles. The van der Waals surface area contributed by atoms with E-state index in [1.54, 1.807) is 6.21 Å². The first-order valence-electron chi connectivity index (χ1n) is 9.81. The number of benzene rings is 3. The molecule has 3 aromatic carbocycles. The largest absolute Gasteiger partial charge is 0.411 e. The number of para-hydroxylation sites is 2. The minimum absolute atomic E-state index is 0.726. The van der Waals surface area contributed by atoms with E-state index in [-0.39, 0.29) is 0 Å². The maximum absolute atomic E-state index is 8.73. The van der Waals surface area contributed by atoms with Crippen LogP contribution in [0.2, 0.25) is 0 Å². The lowest BCUT2D eigenvalue weighted by molar-refractivity contribution is 0.320. The van der Waals surface area contributed by atoms with Gasteiger partial charge in [-0.15, -0.1) is 5.16 Å². The molecule has 0 atom stereocenters. The summed E-state index contributed by atoms with van der Waals surface area (Å²) >= 11 is 0. The molecule has 29 heavy (non-hydrogen) atoms. The third kappa shape index (κ3) is 2.17. The Bertz CT molecular complexity index is 1550. The van der Waals surface area contributed by atoms with E-state index >= 15 is 0 Å². The molecule has 0 bridgehead atoms. The smallest absolute Gasteiger partial charge is 0.0981 e. The Hall–Kier alpha value is -3.80. The van der Waals surface area contributed by atoms with Gasteiger partial charge in [0.15, 0.2) is 0 Å². The van der Waals surface area contributed by atoms with Gasteiger partial charge >= 0.3 is 0 Å². The monoisotopic (exact) mass is 381 g/mol. The Morgan fingerprint density at radius 3 is 2.72 bits per heavy atom.